The number of nitrogens with two attached hydrogens (primary N) is 1. The highest BCUT2D eigenvalue weighted by Crippen LogP contribution is 2.29. The lowest BCUT2D eigenvalue weighted by Crippen LogP contribution is -2.31. The third-order valence-electron chi connectivity index (χ3n) is 3.30. The highest BCUT2D eigenvalue weighted by Gasteiger charge is 2.22. The summed E-state index contributed by atoms with van der Waals surface area (Å²) < 4.78 is 6.02. The molecule has 0 aromatic heterocycles. The largest absolute Gasteiger partial charge is 0.483 e. The van der Waals surface area contributed by atoms with Crippen molar-refractivity contribution in [1.29, 1.82) is 5.26 Å². The van der Waals surface area contributed by atoms with Crippen molar-refractivity contribution in [1.82, 2.24) is 0 Å². The van der Waals surface area contributed by atoms with Crippen molar-refractivity contribution in [3.05, 3.63) is 64.7 Å². The van der Waals surface area contributed by atoms with Crippen molar-refractivity contribution in [3.8, 4) is 11.8 Å². The number of para-hydroxylation sites is 1. The van der Waals surface area contributed by atoms with Gasteiger partial charge in [-0.25, -0.2) is 0 Å². The van der Waals surface area contributed by atoms with E-state index in [4.69, 9.17) is 27.3 Å². The number of nitrogens with zero attached hydrogens (tertiary/aromatic N) is 1. The van der Waals surface area contributed by atoms with Gasteiger partial charge in [-0.2, -0.15) is 5.26 Å². The molecule has 0 fully saturated rings. The van der Waals surface area contributed by atoms with Crippen LogP contribution in [0.2, 0.25) is 5.02 Å². The molecule has 0 aliphatic heterocycles. The lowest BCUT2D eigenvalue weighted by molar-refractivity contribution is 0.170. The van der Waals surface area contributed by atoms with E-state index in [0.717, 1.165) is 12.0 Å². The van der Waals surface area contributed by atoms with Gasteiger partial charge in [0.15, 0.2) is 0 Å². The summed E-state index contributed by atoms with van der Waals surface area (Å²) in [6.07, 6.45) is 0.412. The third kappa shape index (κ3) is 3.75. The maximum atomic E-state index is 9.16. The molecule has 2 unspecified atom stereocenters. The number of nitriles is 1. The van der Waals surface area contributed by atoms with Gasteiger partial charge in [0.05, 0.1) is 5.56 Å². The van der Waals surface area contributed by atoms with Gasteiger partial charge in [-0.1, -0.05) is 42.8 Å². The molecule has 2 aromatic rings. The van der Waals surface area contributed by atoms with E-state index in [0.29, 0.717) is 16.3 Å². The summed E-state index contributed by atoms with van der Waals surface area (Å²) in [4.78, 5) is 0. The van der Waals surface area contributed by atoms with Gasteiger partial charge >= 0.3 is 0 Å². The second-order valence-corrected chi connectivity index (χ2v) is 5.21. The Morgan fingerprint density at radius 3 is 2.67 bits per heavy atom. The average molecular weight is 301 g/mol. The van der Waals surface area contributed by atoms with Crippen molar-refractivity contribution >= 4 is 11.6 Å². The van der Waals surface area contributed by atoms with Crippen molar-refractivity contribution in [2.75, 3.05) is 0 Å². The van der Waals surface area contributed by atoms with E-state index in [9.17, 15) is 0 Å². The average Bonchev–Trinajstić information content (AvgIpc) is 2.52. The zero-order valence-electron chi connectivity index (χ0n) is 11.8. The molecule has 0 spiro atoms. The van der Waals surface area contributed by atoms with Crippen molar-refractivity contribution < 1.29 is 4.74 Å². The maximum absolute atomic E-state index is 9.16. The molecule has 0 heterocycles. The first-order valence-corrected chi connectivity index (χ1v) is 7.20. The molecule has 0 bridgehead atoms. The van der Waals surface area contributed by atoms with E-state index < -0.39 is 0 Å². The fourth-order valence-electron chi connectivity index (χ4n) is 2.10. The van der Waals surface area contributed by atoms with Gasteiger partial charge in [-0.3, -0.25) is 0 Å². The van der Waals surface area contributed by atoms with Gasteiger partial charge in [0.25, 0.3) is 0 Å². The Kier molecular flexibility index (Phi) is 5.21. The summed E-state index contributed by atoms with van der Waals surface area (Å²) in [5.41, 5.74) is 7.59. The standard InChI is InChI=1S/C17H17ClN2O/c1-2-15(20)17(12-7-5-8-14(18)10-12)21-16-9-4-3-6-13(16)11-19/h3-10,15,17H,2,20H2,1H3. The number of hydrogen-bond donors (Lipinski definition) is 1. The fraction of sp³-hybridized carbons (Fsp3) is 0.235. The van der Waals surface area contributed by atoms with Gasteiger partial charge < -0.3 is 10.5 Å². The van der Waals surface area contributed by atoms with Crippen LogP contribution in [0.1, 0.15) is 30.6 Å². The summed E-state index contributed by atoms with van der Waals surface area (Å²) in [6, 6.07) is 16.5. The van der Waals surface area contributed by atoms with Crippen LogP contribution in [0.4, 0.5) is 0 Å². The van der Waals surface area contributed by atoms with Crippen molar-refractivity contribution in [3.63, 3.8) is 0 Å². The minimum atomic E-state index is -0.344. The minimum Gasteiger partial charge on any atom is -0.483 e. The molecular formula is C17H17ClN2O. The molecule has 108 valence electrons. The normalized spacial score (nSPS) is 13.2. The molecular weight excluding hydrogens is 284 g/mol. The van der Waals surface area contributed by atoms with E-state index >= 15 is 0 Å². The molecule has 2 N–H and O–H groups in total. The first-order valence-electron chi connectivity index (χ1n) is 6.82. The van der Waals surface area contributed by atoms with E-state index in [-0.39, 0.29) is 12.1 Å². The Hall–Kier alpha value is -2.02. The van der Waals surface area contributed by atoms with Crippen LogP contribution in [0.3, 0.4) is 0 Å². The number of hydrogen-bond acceptors (Lipinski definition) is 3. The quantitative estimate of drug-likeness (QED) is 0.905. The molecule has 2 aromatic carbocycles. The number of halogens is 1. The number of ether oxygens (including phenoxy) is 1. The van der Waals surface area contributed by atoms with Crippen LogP contribution < -0.4 is 10.5 Å². The van der Waals surface area contributed by atoms with Crippen LogP contribution in [-0.4, -0.2) is 6.04 Å². The molecule has 0 saturated heterocycles. The molecule has 2 rings (SSSR count). The first-order chi connectivity index (χ1) is 10.2. The lowest BCUT2D eigenvalue weighted by atomic mass is 10.0. The summed E-state index contributed by atoms with van der Waals surface area (Å²) in [7, 11) is 0. The summed E-state index contributed by atoms with van der Waals surface area (Å²) in [6.45, 7) is 2.00. The predicted molar refractivity (Wildman–Crippen MR) is 84.2 cm³/mol. The van der Waals surface area contributed by atoms with Crippen LogP contribution in [0.5, 0.6) is 5.75 Å². The molecule has 0 aliphatic carbocycles. The summed E-state index contributed by atoms with van der Waals surface area (Å²) in [5.74, 6) is 0.536. The lowest BCUT2D eigenvalue weighted by Gasteiger charge is -2.25. The Morgan fingerprint density at radius 1 is 1.24 bits per heavy atom. The highest BCUT2D eigenvalue weighted by molar-refractivity contribution is 6.30. The van der Waals surface area contributed by atoms with Gasteiger partial charge in [0.1, 0.15) is 17.9 Å². The van der Waals surface area contributed by atoms with Crippen molar-refractivity contribution in [2.24, 2.45) is 5.73 Å². The Bertz CT molecular complexity index is 651. The van der Waals surface area contributed by atoms with E-state index in [1.54, 1.807) is 18.2 Å². The maximum Gasteiger partial charge on any atom is 0.139 e. The monoisotopic (exact) mass is 300 g/mol. The smallest absolute Gasteiger partial charge is 0.139 e. The van der Waals surface area contributed by atoms with Crippen LogP contribution in [0.25, 0.3) is 0 Å². The zero-order valence-corrected chi connectivity index (χ0v) is 12.5. The van der Waals surface area contributed by atoms with Gasteiger partial charge in [-0.05, 0) is 36.2 Å². The van der Waals surface area contributed by atoms with Gasteiger partial charge in [0.2, 0.25) is 0 Å². The Morgan fingerprint density at radius 2 is 2.00 bits per heavy atom. The highest BCUT2D eigenvalue weighted by atomic mass is 35.5. The van der Waals surface area contributed by atoms with Gasteiger partial charge in [-0.15, -0.1) is 0 Å². The molecule has 0 radical (unpaired) electrons. The summed E-state index contributed by atoms with van der Waals surface area (Å²) in [5, 5.41) is 9.80. The SMILES string of the molecule is CCC(N)C(Oc1ccccc1C#N)c1cccc(Cl)c1. The number of benzene rings is 2. The number of rotatable bonds is 5. The Labute approximate surface area is 129 Å². The third-order valence-corrected chi connectivity index (χ3v) is 3.53. The fourth-order valence-corrected chi connectivity index (χ4v) is 2.30. The van der Waals surface area contributed by atoms with Crippen LogP contribution in [0, 0.1) is 11.3 Å². The minimum absolute atomic E-state index is 0.185. The Balaban J connectivity index is 2.36. The molecule has 3 nitrogen and oxygen atoms in total. The van der Waals surface area contributed by atoms with E-state index in [1.807, 2.05) is 37.3 Å². The van der Waals surface area contributed by atoms with E-state index in [1.165, 1.54) is 0 Å². The predicted octanol–water partition coefficient (Wildman–Crippen LogP) is 4.07. The molecule has 4 heteroatoms. The van der Waals surface area contributed by atoms with Gasteiger partial charge in [0, 0.05) is 11.1 Å². The second-order valence-electron chi connectivity index (χ2n) is 4.77. The molecule has 0 amide bonds. The van der Waals surface area contributed by atoms with Crippen LogP contribution >= 0.6 is 11.6 Å². The second kappa shape index (κ2) is 7.12. The van der Waals surface area contributed by atoms with Crippen LogP contribution in [0.15, 0.2) is 48.5 Å². The van der Waals surface area contributed by atoms with E-state index in [2.05, 4.69) is 6.07 Å². The summed E-state index contributed by atoms with van der Waals surface area (Å²) >= 11 is 6.05. The first kappa shape index (κ1) is 15.4. The van der Waals surface area contributed by atoms with Crippen molar-refractivity contribution in [2.45, 2.75) is 25.5 Å². The van der Waals surface area contributed by atoms with Crippen LogP contribution in [-0.2, 0) is 0 Å². The zero-order chi connectivity index (χ0) is 15.2. The molecule has 0 saturated carbocycles. The topological polar surface area (TPSA) is 59.0 Å². The molecule has 0 aliphatic rings. The molecule has 21 heavy (non-hydrogen) atoms. The molecule has 2 atom stereocenters.